The van der Waals surface area contributed by atoms with Gasteiger partial charge in [0, 0.05) is 24.5 Å². The molecule has 0 amide bonds. The van der Waals surface area contributed by atoms with Crippen LogP contribution in [-0.4, -0.2) is 19.4 Å². The van der Waals surface area contributed by atoms with Crippen molar-refractivity contribution in [2.24, 2.45) is 0 Å². The molecule has 0 spiro atoms. The molecule has 5 nitrogen and oxygen atoms in total. The summed E-state index contributed by atoms with van der Waals surface area (Å²) in [6, 6.07) is 1.12. The summed E-state index contributed by atoms with van der Waals surface area (Å²) in [5.41, 5.74) is -0.489. The number of aromatic nitrogens is 1. The topological polar surface area (TPSA) is 79.0 Å². The van der Waals surface area contributed by atoms with E-state index < -0.39 is 15.5 Å². The third-order valence-corrected chi connectivity index (χ3v) is 4.48. The fourth-order valence-corrected chi connectivity index (χ4v) is 3.31. The lowest BCUT2D eigenvalue weighted by atomic mass is 10.1. The van der Waals surface area contributed by atoms with Crippen LogP contribution in [0.1, 0.15) is 46.0 Å². The van der Waals surface area contributed by atoms with Gasteiger partial charge in [-0.3, -0.25) is 4.79 Å². The molecule has 0 aliphatic carbocycles. The van der Waals surface area contributed by atoms with E-state index in [1.165, 1.54) is 18.5 Å². The van der Waals surface area contributed by atoms with Gasteiger partial charge in [-0.05, 0) is 12.8 Å². The van der Waals surface area contributed by atoms with E-state index in [0.29, 0.717) is 0 Å². The summed E-state index contributed by atoms with van der Waals surface area (Å²) in [5, 5.41) is 0. The van der Waals surface area contributed by atoms with Crippen LogP contribution in [0.5, 0.6) is 0 Å². The highest BCUT2D eigenvalue weighted by atomic mass is 32.2. The van der Waals surface area contributed by atoms with Gasteiger partial charge in [0.05, 0.1) is 0 Å². The van der Waals surface area contributed by atoms with E-state index in [9.17, 15) is 13.2 Å². The average molecular weight is 286 g/mol. The molecule has 108 valence electrons. The van der Waals surface area contributed by atoms with E-state index in [1.807, 2.05) is 6.92 Å². The molecule has 0 saturated carbocycles. The number of nitrogens with one attached hydrogen (secondary N) is 2. The highest BCUT2D eigenvalue weighted by Gasteiger charge is 2.21. The van der Waals surface area contributed by atoms with Crippen molar-refractivity contribution in [3.8, 4) is 0 Å². The first-order chi connectivity index (χ1) is 9.01. The second kappa shape index (κ2) is 7.45. The maximum Gasteiger partial charge on any atom is 0.246 e. The van der Waals surface area contributed by atoms with Crippen LogP contribution >= 0.6 is 0 Å². The molecule has 0 aromatic carbocycles. The molecule has 0 radical (unpaired) electrons. The molecule has 0 aliphatic rings. The zero-order valence-corrected chi connectivity index (χ0v) is 12.3. The van der Waals surface area contributed by atoms with E-state index in [2.05, 4.69) is 16.6 Å². The minimum atomic E-state index is -3.74. The lowest BCUT2D eigenvalue weighted by Crippen LogP contribution is -2.37. The molecule has 0 fully saturated rings. The molecule has 0 aliphatic heterocycles. The summed E-state index contributed by atoms with van der Waals surface area (Å²) < 4.78 is 27.0. The first kappa shape index (κ1) is 15.9. The predicted octanol–water partition coefficient (Wildman–Crippen LogP) is 2.01. The molecular formula is C13H22N2O3S. The molecule has 19 heavy (non-hydrogen) atoms. The molecule has 1 aromatic heterocycles. The molecule has 1 atom stereocenters. The van der Waals surface area contributed by atoms with Gasteiger partial charge in [-0.25, -0.2) is 13.1 Å². The minimum absolute atomic E-state index is 0.102. The van der Waals surface area contributed by atoms with E-state index >= 15 is 0 Å². The second-order valence-electron chi connectivity index (χ2n) is 4.62. The molecule has 1 unspecified atom stereocenters. The van der Waals surface area contributed by atoms with Crippen LogP contribution in [0, 0.1) is 0 Å². The molecule has 1 heterocycles. The Morgan fingerprint density at radius 2 is 2.00 bits per heavy atom. The largest absolute Gasteiger partial charge is 0.366 e. The lowest BCUT2D eigenvalue weighted by molar-refractivity contribution is 0.483. The van der Waals surface area contributed by atoms with Crippen LogP contribution in [0.15, 0.2) is 28.2 Å². The number of unbranched alkanes of at least 4 members (excludes halogenated alkanes) is 1. The van der Waals surface area contributed by atoms with Crippen molar-refractivity contribution >= 4 is 10.0 Å². The number of sulfonamides is 1. The Labute approximate surface area is 114 Å². The summed E-state index contributed by atoms with van der Waals surface area (Å²) in [6.07, 6.45) is 7.13. The molecule has 2 N–H and O–H groups in total. The summed E-state index contributed by atoms with van der Waals surface area (Å²) in [5.74, 6) is 0. The number of rotatable bonds is 8. The summed E-state index contributed by atoms with van der Waals surface area (Å²) in [6.45, 7) is 4.09. The van der Waals surface area contributed by atoms with Crippen LogP contribution in [-0.2, 0) is 10.0 Å². The van der Waals surface area contributed by atoms with Crippen LogP contribution in [0.25, 0.3) is 0 Å². The Kier molecular flexibility index (Phi) is 6.24. The highest BCUT2D eigenvalue weighted by molar-refractivity contribution is 7.89. The third-order valence-electron chi connectivity index (χ3n) is 2.94. The van der Waals surface area contributed by atoms with Crippen molar-refractivity contribution in [3.05, 3.63) is 28.7 Å². The van der Waals surface area contributed by atoms with Gasteiger partial charge in [-0.2, -0.15) is 0 Å². The fraction of sp³-hybridized carbons (Fsp3) is 0.615. The molecule has 0 bridgehead atoms. The molecule has 1 rings (SSSR count). The Hall–Kier alpha value is -1.14. The van der Waals surface area contributed by atoms with Gasteiger partial charge in [0.25, 0.3) is 0 Å². The normalized spacial score (nSPS) is 13.4. The Bertz CT molecular complexity index is 537. The number of hydrogen-bond donors (Lipinski definition) is 2. The van der Waals surface area contributed by atoms with Crippen molar-refractivity contribution in [1.82, 2.24) is 9.71 Å². The van der Waals surface area contributed by atoms with E-state index in [1.54, 1.807) is 0 Å². The third kappa shape index (κ3) is 4.80. The summed E-state index contributed by atoms with van der Waals surface area (Å²) >= 11 is 0. The van der Waals surface area contributed by atoms with Crippen molar-refractivity contribution in [3.63, 3.8) is 0 Å². The van der Waals surface area contributed by atoms with Crippen LogP contribution in [0.4, 0.5) is 0 Å². The minimum Gasteiger partial charge on any atom is -0.366 e. The average Bonchev–Trinajstić information content (AvgIpc) is 2.36. The van der Waals surface area contributed by atoms with Crippen LogP contribution in [0.3, 0.4) is 0 Å². The monoisotopic (exact) mass is 286 g/mol. The first-order valence-electron chi connectivity index (χ1n) is 6.70. The van der Waals surface area contributed by atoms with Crippen molar-refractivity contribution in [2.45, 2.75) is 56.9 Å². The van der Waals surface area contributed by atoms with Gasteiger partial charge in [0.15, 0.2) is 0 Å². The van der Waals surface area contributed by atoms with E-state index in [4.69, 9.17) is 0 Å². The van der Waals surface area contributed by atoms with Crippen molar-refractivity contribution in [1.29, 1.82) is 0 Å². The van der Waals surface area contributed by atoms with Gasteiger partial charge in [-0.15, -0.1) is 0 Å². The second-order valence-corrected chi connectivity index (χ2v) is 6.30. The van der Waals surface area contributed by atoms with E-state index in [-0.39, 0.29) is 10.9 Å². The van der Waals surface area contributed by atoms with Crippen LogP contribution < -0.4 is 10.2 Å². The summed E-state index contributed by atoms with van der Waals surface area (Å²) in [7, 11) is -3.74. The standard InChI is InChI=1S/C13H22N2O3S/c1-3-5-7-11(6-4-2)15-19(17,18)13-10-14-9-8-12(13)16/h8-11,15H,3-7H2,1-2H3,(H,14,16). The zero-order valence-electron chi connectivity index (χ0n) is 11.5. The Morgan fingerprint density at radius 3 is 2.58 bits per heavy atom. The number of hydrogen-bond acceptors (Lipinski definition) is 3. The lowest BCUT2D eigenvalue weighted by Gasteiger charge is -2.17. The molecule has 0 saturated heterocycles. The zero-order chi connectivity index (χ0) is 14.3. The van der Waals surface area contributed by atoms with Crippen LogP contribution in [0.2, 0.25) is 0 Å². The Morgan fingerprint density at radius 1 is 1.26 bits per heavy atom. The van der Waals surface area contributed by atoms with Gasteiger partial charge >= 0.3 is 0 Å². The summed E-state index contributed by atoms with van der Waals surface area (Å²) in [4.78, 5) is 14.0. The van der Waals surface area contributed by atoms with Gasteiger partial charge < -0.3 is 4.98 Å². The van der Waals surface area contributed by atoms with Gasteiger partial charge in [0.2, 0.25) is 15.5 Å². The highest BCUT2D eigenvalue weighted by Crippen LogP contribution is 2.10. The van der Waals surface area contributed by atoms with E-state index in [0.717, 1.165) is 32.1 Å². The Balaban J connectivity index is 2.88. The maximum atomic E-state index is 12.2. The van der Waals surface area contributed by atoms with Gasteiger partial charge in [-0.1, -0.05) is 33.1 Å². The molecule has 6 heteroatoms. The fourth-order valence-electron chi connectivity index (χ4n) is 1.95. The smallest absolute Gasteiger partial charge is 0.246 e. The first-order valence-corrected chi connectivity index (χ1v) is 8.19. The predicted molar refractivity (Wildman–Crippen MR) is 75.6 cm³/mol. The van der Waals surface area contributed by atoms with Crippen molar-refractivity contribution < 1.29 is 8.42 Å². The number of pyridine rings is 1. The van der Waals surface area contributed by atoms with Crippen molar-refractivity contribution in [2.75, 3.05) is 0 Å². The SMILES string of the molecule is CCCCC(CCC)NS(=O)(=O)c1c[nH]ccc1=O. The number of aromatic amines is 1. The maximum absolute atomic E-state index is 12.2. The molecule has 1 aromatic rings. The number of H-pyrrole nitrogens is 1. The quantitative estimate of drug-likeness (QED) is 0.767. The van der Waals surface area contributed by atoms with Gasteiger partial charge in [0.1, 0.15) is 4.90 Å². The molecular weight excluding hydrogens is 264 g/mol.